The van der Waals surface area contributed by atoms with Crippen LogP contribution in [0.2, 0.25) is 0 Å². The summed E-state index contributed by atoms with van der Waals surface area (Å²) in [5.74, 6) is 0.924. The molecule has 10 heteroatoms. The number of hydrogen-bond acceptors (Lipinski definition) is 9. The molecule has 1 aliphatic carbocycles. The van der Waals surface area contributed by atoms with Gasteiger partial charge in [0.1, 0.15) is 28.8 Å². The van der Waals surface area contributed by atoms with Crippen molar-refractivity contribution in [3.63, 3.8) is 0 Å². The van der Waals surface area contributed by atoms with Gasteiger partial charge in [0.2, 0.25) is 5.88 Å². The lowest BCUT2D eigenvalue weighted by Gasteiger charge is -2.23. The number of aliphatic hydroxyl groups is 1. The molecule has 3 aromatic heterocycles. The zero-order chi connectivity index (χ0) is 22.8. The van der Waals surface area contributed by atoms with E-state index in [2.05, 4.69) is 25.6 Å². The van der Waals surface area contributed by atoms with Crippen molar-refractivity contribution < 1.29 is 19.4 Å². The van der Waals surface area contributed by atoms with Crippen LogP contribution in [0.5, 0.6) is 5.88 Å². The second-order valence-electron chi connectivity index (χ2n) is 8.45. The second kappa shape index (κ2) is 9.58. The van der Waals surface area contributed by atoms with Crippen molar-refractivity contribution >= 4 is 39.0 Å². The van der Waals surface area contributed by atoms with Crippen molar-refractivity contribution in [2.45, 2.75) is 57.3 Å². The Morgan fingerprint density at radius 1 is 1.21 bits per heavy atom. The van der Waals surface area contributed by atoms with Crippen LogP contribution in [-0.2, 0) is 4.74 Å². The van der Waals surface area contributed by atoms with E-state index in [0.29, 0.717) is 35.5 Å². The summed E-state index contributed by atoms with van der Waals surface area (Å²) in [7, 11) is 0. The summed E-state index contributed by atoms with van der Waals surface area (Å²) in [4.78, 5) is 27.5. The summed E-state index contributed by atoms with van der Waals surface area (Å²) >= 11 is 1.33. The maximum atomic E-state index is 13.0. The van der Waals surface area contributed by atoms with Crippen molar-refractivity contribution in [2.75, 3.05) is 18.5 Å². The summed E-state index contributed by atoms with van der Waals surface area (Å²) in [6, 6.07) is 3.53. The van der Waals surface area contributed by atoms with Gasteiger partial charge in [0.25, 0.3) is 5.91 Å². The fraction of sp³-hybridized carbons (Fsp3) is 0.478. The Morgan fingerprint density at radius 2 is 2.06 bits per heavy atom. The molecule has 1 saturated carbocycles. The van der Waals surface area contributed by atoms with E-state index in [-0.39, 0.29) is 18.1 Å². The number of aliphatic hydroxyl groups excluding tert-OH is 1. The summed E-state index contributed by atoms with van der Waals surface area (Å²) in [6.07, 6.45) is 6.84. The molecular weight excluding hydrogens is 442 g/mol. The van der Waals surface area contributed by atoms with Gasteiger partial charge in [0.15, 0.2) is 0 Å². The van der Waals surface area contributed by atoms with Crippen LogP contribution in [0.3, 0.4) is 0 Å². The third-order valence-corrected chi connectivity index (χ3v) is 7.40. The van der Waals surface area contributed by atoms with Crippen molar-refractivity contribution in [1.82, 2.24) is 20.3 Å². The number of rotatable bonds is 6. The molecule has 0 spiro atoms. The molecule has 174 valence electrons. The molecule has 0 aromatic carbocycles. The highest BCUT2D eigenvalue weighted by Crippen LogP contribution is 2.36. The van der Waals surface area contributed by atoms with Gasteiger partial charge in [0, 0.05) is 19.0 Å². The van der Waals surface area contributed by atoms with E-state index < -0.39 is 6.10 Å². The van der Waals surface area contributed by atoms with Crippen molar-refractivity contribution in [3.05, 3.63) is 35.1 Å². The molecule has 2 atom stereocenters. The first-order valence-corrected chi connectivity index (χ1v) is 12.1. The van der Waals surface area contributed by atoms with Crippen LogP contribution in [0.4, 0.5) is 11.5 Å². The predicted octanol–water partition coefficient (Wildman–Crippen LogP) is 3.34. The van der Waals surface area contributed by atoms with Crippen LogP contribution in [0.1, 0.15) is 47.3 Å². The molecule has 5 rings (SSSR count). The number of nitrogens with zero attached hydrogens (tertiary/aromatic N) is 3. The third-order valence-electron chi connectivity index (χ3n) is 6.20. The van der Waals surface area contributed by atoms with E-state index in [0.717, 1.165) is 47.9 Å². The zero-order valence-electron chi connectivity index (χ0n) is 18.4. The molecule has 33 heavy (non-hydrogen) atoms. The number of pyridine rings is 1. The number of carbonyl (C=O) groups is 1. The monoisotopic (exact) mass is 469 g/mol. The number of thiophene rings is 1. The third kappa shape index (κ3) is 4.64. The highest BCUT2D eigenvalue weighted by Gasteiger charge is 2.29. The van der Waals surface area contributed by atoms with Gasteiger partial charge in [-0.25, -0.2) is 15.0 Å². The highest BCUT2D eigenvalue weighted by atomic mass is 32.1. The molecule has 9 nitrogen and oxygen atoms in total. The minimum Gasteiger partial charge on any atom is -0.473 e. The fourth-order valence-electron chi connectivity index (χ4n) is 4.38. The number of carbonyl (C=O) groups excluding carboxylic acids is 1. The first-order chi connectivity index (χ1) is 16.1. The number of nitrogens with one attached hydrogen (secondary N) is 2. The second-order valence-corrected chi connectivity index (χ2v) is 9.45. The largest absolute Gasteiger partial charge is 0.473 e. The van der Waals surface area contributed by atoms with Gasteiger partial charge in [-0.2, -0.15) is 0 Å². The lowest BCUT2D eigenvalue weighted by atomic mass is 10.1. The van der Waals surface area contributed by atoms with Crippen LogP contribution in [0.15, 0.2) is 24.7 Å². The summed E-state index contributed by atoms with van der Waals surface area (Å²) < 4.78 is 11.6. The minimum absolute atomic E-state index is 0.0590. The maximum absolute atomic E-state index is 13.0. The standard InChI is InChI=1S/C23H27N5O4S/c1-13-18-20(27-16-5-3-9-24-22(16)32-14-7-10-31-11-8-14)25-12-26-23(18)33-19(13)21(30)28-15-4-2-6-17(15)29/h3,5,9,12,14-15,17,29H,2,4,6-8,10-11H2,1H3,(H,28,30)(H,25,26,27)/t15-,17-/m0/s1. The Labute approximate surface area is 195 Å². The Bertz CT molecular complexity index is 1150. The SMILES string of the molecule is Cc1c(C(=O)N[C@H]2CCC[C@@H]2O)sc2ncnc(Nc3cccnc3OC3CCOCC3)c12. The first kappa shape index (κ1) is 22.0. The van der Waals surface area contributed by atoms with Gasteiger partial charge in [-0.3, -0.25) is 4.79 Å². The van der Waals surface area contributed by atoms with Gasteiger partial charge in [-0.1, -0.05) is 0 Å². The maximum Gasteiger partial charge on any atom is 0.262 e. The fourth-order valence-corrected chi connectivity index (χ4v) is 5.44. The topological polar surface area (TPSA) is 118 Å². The molecule has 3 N–H and O–H groups in total. The van der Waals surface area contributed by atoms with Gasteiger partial charge in [-0.15, -0.1) is 11.3 Å². The van der Waals surface area contributed by atoms with E-state index >= 15 is 0 Å². The average Bonchev–Trinajstić information content (AvgIpc) is 3.39. The van der Waals surface area contributed by atoms with Crippen LogP contribution in [-0.4, -0.2) is 57.4 Å². The average molecular weight is 470 g/mol. The summed E-state index contributed by atoms with van der Waals surface area (Å²) in [5.41, 5.74) is 1.51. The van der Waals surface area contributed by atoms with Crippen molar-refractivity contribution in [1.29, 1.82) is 0 Å². The molecule has 0 unspecified atom stereocenters. The van der Waals surface area contributed by atoms with Gasteiger partial charge in [0.05, 0.1) is 35.6 Å². The number of amides is 1. The Hall–Kier alpha value is -2.82. The van der Waals surface area contributed by atoms with E-state index in [1.807, 2.05) is 19.1 Å². The number of aromatic nitrogens is 3. The lowest BCUT2D eigenvalue weighted by Crippen LogP contribution is -2.39. The smallest absolute Gasteiger partial charge is 0.262 e. The van der Waals surface area contributed by atoms with E-state index in [1.165, 1.54) is 17.7 Å². The number of hydrogen-bond donors (Lipinski definition) is 3. The normalized spacial score (nSPS) is 21.3. The molecule has 0 bridgehead atoms. The van der Waals surface area contributed by atoms with E-state index in [9.17, 15) is 9.90 Å². The number of fused-ring (bicyclic) bond motifs is 1. The van der Waals surface area contributed by atoms with E-state index in [1.54, 1.807) is 6.20 Å². The van der Waals surface area contributed by atoms with Gasteiger partial charge in [-0.05, 0) is 43.9 Å². The number of ether oxygens (including phenoxy) is 2. The number of anilines is 2. The molecule has 1 amide bonds. The molecule has 4 heterocycles. The van der Waals surface area contributed by atoms with Crippen LogP contribution in [0, 0.1) is 6.92 Å². The Morgan fingerprint density at radius 3 is 2.85 bits per heavy atom. The number of aryl methyl sites for hydroxylation is 1. The molecule has 0 radical (unpaired) electrons. The lowest BCUT2D eigenvalue weighted by molar-refractivity contribution is 0.0240. The molecular formula is C23H27N5O4S. The minimum atomic E-state index is -0.486. The zero-order valence-corrected chi connectivity index (χ0v) is 19.2. The molecule has 1 saturated heterocycles. The first-order valence-electron chi connectivity index (χ1n) is 11.3. The quantitative estimate of drug-likeness (QED) is 0.503. The Balaban J connectivity index is 1.41. The molecule has 1 aliphatic heterocycles. The highest BCUT2D eigenvalue weighted by molar-refractivity contribution is 7.20. The summed E-state index contributed by atoms with van der Waals surface area (Å²) in [5, 5.41) is 17.2. The van der Waals surface area contributed by atoms with Crippen molar-refractivity contribution in [3.8, 4) is 5.88 Å². The van der Waals surface area contributed by atoms with Crippen LogP contribution in [0.25, 0.3) is 10.2 Å². The van der Waals surface area contributed by atoms with Crippen LogP contribution >= 0.6 is 11.3 Å². The molecule has 2 fully saturated rings. The van der Waals surface area contributed by atoms with Gasteiger partial charge < -0.3 is 25.2 Å². The van der Waals surface area contributed by atoms with E-state index in [4.69, 9.17) is 9.47 Å². The molecule has 2 aliphatic rings. The van der Waals surface area contributed by atoms with Crippen molar-refractivity contribution in [2.24, 2.45) is 0 Å². The Kier molecular flexibility index (Phi) is 6.39. The molecule has 3 aromatic rings. The van der Waals surface area contributed by atoms with Crippen LogP contribution < -0.4 is 15.4 Å². The predicted molar refractivity (Wildman–Crippen MR) is 125 cm³/mol. The van der Waals surface area contributed by atoms with Gasteiger partial charge >= 0.3 is 0 Å². The summed E-state index contributed by atoms with van der Waals surface area (Å²) in [6.45, 7) is 3.27.